The lowest BCUT2D eigenvalue weighted by molar-refractivity contribution is 0.365. The molecule has 1 saturated carbocycles. The van der Waals surface area contributed by atoms with E-state index in [-0.39, 0.29) is 0 Å². The van der Waals surface area contributed by atoms with Crippen LogP contribution in [0.4, 0.5) is 0 Å². The van der Waals surface area contributed by atoms with Crippen molar-refractivity contribution in [3.63, 3.8) is 0 Å². The van der Waals surface area contributed by atoms with Crippen molar-refractivity contribution in [2.24, 2.45) is 5.92 Å². The van der Waals surface area contributed by atoms with Gasteiger partial charge in [0.2, 0.25) is 0 Å². The van der Waals surface area contributed by atoms with Crippen LogP contribution in [0, 0.1) is 5.92 Å². The number of benzene rings is 1. The maximum Gasteiger partial charge on any atom is 0.155 e. The molecule has 1 aliphatic carbocycles. The van der Waals surface area contributed by atoms with E-state index in [1.165, 1.54) is 50.7 Å². The fourth-order valence-electron chi connectivity index (χ4n) is 3.50. The Kier molecular flexibility index (Phi) is 3.75. The maximum absolute atomic E-state index is 2.37. The molecule has 1 aromatic carbocycles. The van der Waals surface area contributed by atoms with Crippen molar-refractivity contribution in [1.82, 2.24) is 0 Å². The number of fused-ring (bicyclic) bond motifs is 6. The van der Waals surface area contributed by atoms with E-state index in [9.17, 15) is 0 Å². The van der Waals surface area contributed by atoms with Gasteiger partial charge in [0.25, 0.3) is 0 Å². The Labute approximate surface area is 108 Å². The third-order valence-corrected chi connectivity index (χ3v) is 7.30. The van der Waals surface area contributed by atoms with Crippen LogP contribution in [-0.4, -0.2) is 11.0 Å². The van der Waals surface area contributed by atoms with Gasteiger partial charge in [0.1, 0.15) is 11.0 Å². The molecule has 0 amide bonds. The van der Waals surface area contributed by atoms with E-state index in [1.807, 2.05) is 0 Å². The Morgan fingerprint density at radius 3 is 2.24 bits per heavy atom. The van der Waals surface area contributed by atoms with Gasteiger partial charge in [0, 0.05) is 10.9 Å². The first-order chi connectivity index (χ1) is 8.43. The molecule has 92 valence electrons. The third kappa shape index (κ3) is 2.70. The summed E-state index contributed by atoms with van der Waals surface area (Å²) in [6.45, 7) is 0. The Morgan fingerprint density at radius 2 is 1.53 bits per heavy atom. The molecule has 3 fully saturated rings. The molecule has 0 aromatic heterocycles. The van der Waals surface area contributed by atoms with Gasteiger partial charge in [-0.1, -0.05) is 31.0 Å². The van der Waals surface area contributed by atoms with Crippen LogP contribution in [0.15, 0.2) is 35.2 Å². The van der Waals surface area contributed by atoms with Crippen LogP contribution in [0.1, 0.15) is 44.9 Å². The van der Waals surface area contributed by atoms with Gasteiger partial charge in [0.15, 0.2) is 4.90 Å². The molecule has 2 heterocycles. The van der Waals surface area contributed by atoms with Crippen molar-refractivity contribution in [1.29, 1.82) is 0 Å². The monoisotopic (exact) mass is 247 g/mol. The normalized spacial score (nSPS) is 33.8. The summed E-state index contributed by atoms with van der Waals surface area (Å²) in [5, 5.41) is 0.999. The predicted molar refractivity (Wildman–Crippen MR) is 76.5 cm³/mol. The molecular formula is C16H23S+. The molecule has 1 unspecified atom stereocenters. The van der Waals surface area contributed by atoms with E-state index in [0.717, 1.165) is 11.2 Å². The largest absolute Gasteiger partial charge is 0.155 e. The number of rotatable bonds is 1. The van der Waals surface area contributed by atoms with Crippen molar-refractivity contribution >= 4 is 10.9 Å². The van der Waals surface area contributed by atoms with E-state index < -0.39 is 0 Å². The second-order valence-corrected chi connectivity index (χ2v) is 7.99. The Bertz CT molecular complexity index is 336. The Balaban J connectivity index is 1.83. The van der Waals surface area contributed by atoms with Gasteiger partial charge >= 0.3 is 0 Å². The zero-order chi connectivity index (χ0) is 11.5. The third-order valence-electron chi connectivity index (χ3n) is 4.47. The van der Waals surface area contributed by atoms with Crippen molar-refractivity contribution in [3.05, 3.63) is 30.3 Å². The summed E-state index contributed by atoms with van der Waals surface area (Å²) in [5.41, 5.74) is 0. The molecule has 0 radical (unpaired) electrons. The zero-order valence-electron chi connectivity index (χ0n) is 10.6. The van der Waals surface area contributed by atoms with E-state index >= 15 is 0 Å². The summed E-state index contributed by atoms with van der Waals surface area (Å²) < 4.78 is 0. The summed E-state index contributed by atoms with van der Waals surface area (Å²) >= 11 is 0. The molecule has 0 spiro atoms. The fourth-order valence-corrected chi connectivity index (χ4v) is 6.45. The Hall–Kier alpha value is -0.430. The van der Waals surface area contributed by atoms with Gasteiger partial charge in [-0.3, -0.25) is 0 Å². The zero-order valence-corrected chi connectivity index (χ0v) is 11.4. The van der Waals surface area contributed by atoms with E-state index in [2.05, 4.69) is 30.3 Å². The second kappa shape index (κ2) is 5.48. The van der Waals surface area contributed by atoms with E-state index in [4.69, 9.17) is 0 Å². The van der Waals surface area contributed by atoms with Gasteiger partial charge in [-0.25, -0.2) is 0 Å². The van der Waals surface area contributed by atoms with Crippen LogP contribution in [0.2, 0.25) is 0 Å². The van der Waals surface area contributed by atoms with Crippen LogP contribution >= 0.6 is 0 Å². The van der Waals surface area contributed by atoms with Crippen molar-refractivity contribution in [3.8, 4) is 0 Å². The molecule has 0 nitrogen and oxygen atoms in total. The van der Waals surface area contributed by atoms with Crippen LogP contribution in [0.25, 0.3) is 0 Å². The minimum Gasteiger partial charge on any atom is -0.0619 e. The van der Waals surface area contributed by atoms with E-state index in [1.54, 1.807) is 4.90 Å². The molecule has 2 saturated heterocycles. The molecule has 3 aliphatic rings. The van der Waals surface area contributed by atoms with Crippen LogP contribution < -0.4 is 0 Å². The summed E-state index contributed by atoms with van der Waals surface area (Å²) in [6, 6.07) is 11.3. The summed E-state index contributed by atoms with van der Waals surface area (Å²) in [7, 11) is 0.556. The topological polar surface area (TPSA) is 0 Å². The smallest absolute Gasteiger partial charge is 0.0619 e. The minimum absolute atomic E-state index is 0.556. The molecule has 1 aromatic rings. The molecule has 2 bridgehead atoms. The lowest BCUT2D eigenvalue weighted by Gasteiger charge is -2.29. The quantitative estimate of drug-likeness (QED) is 0.645. The average Bonchev–Trinajstić information content (AvgIpc) is 2.28. The highest BCUT2D eigenvalue weighted by Gasteiger charge is 2.36. The molecule has 1 atom stereocenters. The summed E-state index contributed by atoms with van der Waals surface area (Å²) in [4.78, 5) is 1.64. The van der Waals surface area contributed by atoms with Gasteiger partial charge in [0.05, 0.1) is 0 Å². The highest BCUT2D eigenvalue weighted by molar-refractivity contribution is 7.97. The number of hydrogen-bond donors (Lipinski definition) is 0. The molecule has 4 rings (SSSR count). The minimum atomic E-state index is 0.556. The van der Waals surface area contributed by atoms with E-state index in [0.29, 0.717) is 10.9 Å². The maximum atomic E-state index is 2.37. The molecular weight excluding hydrogens is 224 g/mol. The van der Waals surface area contributed by atoms with Gasteiger partial charge in [-0.15, -0.1) is 0 Å². The average molecular weight is 247 g/mol. The first-order valence-corrected chi connectivity index (χ1v) is 8.64. The highest BCUT2D eigenvalue weighted by atomic mass is 32.2. The Morgan fingerprint density at radius 1 is 0.824 bits per heavy atom. The molecule has 1 heteroatoms. The second-order valence-electron chi connectivity index (χ2n) is 5.58. The van der Waals surface area contributed by atoms with Crippen LogP contribution in [0.3, 0.4) is 0 Å². The van der Waals surface area contributed by atoms with Crippen LogP contribution in [0.5, 0.6) is 0 Å². The van der Waals surface area contributed by atoms with Gasteiger partial charge in [-0.05, 0) is 50.2 Å². The van der Waals surface area contributed by atoms with Gasteiger partial charge < -0.3 is 0 Å². The predicted octanol–water partition coefficient (Wildman–Crippen LogP) is 4.41. The van der Waals surface area contributed by atoms with Crippen molar-refractivity contribution in [2.45, 2.75) is 55.1 Å². The lowest BCUT2D eigenvalue weighted by Crippen LogP contribution is -2.30. The summed E-state index contributed by atoms with van der Waals surface area (Å²) in [6.07, 6.45) is 10.5. The van der Waals surface area contributed by atoms with Gasteiger partial charge in [-0.2, -0.15) is 0 Å². The number of hydrogen-bond acceptors (Lipinski definition) is 0. The van der Waals surface area contributed by atoms with Crippen LogP contribution in [-0.2, 0) is 10.9 Å². The fraction of sp³-hybridized carbons (Fsp3) is 0.625. The lowest BCUT2D eigenvalue weighted by atomic mass is 9.89. The summed E-state index contributed by atoms with van der Waals surface area (Å²) in [5.74, 6) is 2.52. The first-order valence-electron chi connectivity index (χ1n) is 7.18. The highest BCUT2D eigenvalue weighted by Crippen LogP contribution is 2.36. The SMILES string of the molecule is c1ccc([S+]2CCC3CCCC2CCC3)cc1. The molecule has 17 heavy (non-hydrogen) atoms. The van der Waals surface area contributed by atoms with Crippen molar-refractivity contribution < 1.29 is 0 Å². The standard InChI is InChI=1S/C16H23S/c1-2-8-15(9-3-1)17-13-12-14-6-4-10-16(17)11-5-7-14/h1-3,8-9,14,16H,4-7,10-13H2/q+1. The molecule has 2 aliphatic heterocycles. The molecule has 0 N–H and O–H groups in total. The first kappa shape index (κ1) is 11.6. The van der Waals surface area contributed by atoms with Crippen molar-refractivity contribution in [2.75, 3.05) is 5.75 Å².